The third-order valence-electron chi connectivity index (χ3n) is 2.69. The standard InChI is InChI=1S/C15H17ClN2O2/c1-2-20-14-9-11(8-13(16)15(14)19)10-17-18-12-6-4-3-5-7-12/h3-9,17-19H,2,10H2,1H3. The van der Waals surface area contributed by atoms with E-state index < -0.39 is 0 Å². The number of para-hydroxylation sites is 1. The molecule has 0 atom stereocenters. The number of rotatable bonds is 6. The monoisotopic (exact) mass is 292 g/mol. The molecule has 2 aromatic carbocycles. The Morgan fingerprint density at radius 3 is 2.65 bits per heavy atom. The van der Waals surface area contributed by atoms with Crippen LogP contribution in [-0.2, 0) is 6.54 Å². The molecule has 0 saturated heterocycles. The number of hydrogen-bond acceptors (Lipinski definition) is 4. The predicted molar refractivity (Wildman–Crippen MR) is 81.2 cm³/mol. The van der Waals surface area contributed by atoms with Gasteiger partial charge < -0.3 is 15.3 Å². The van der Waals surface area contributed by atoms with E-state index >= 15 is 0 Å². The van der Waals surface area contributed by atoms with Crippen molar-refractivity contribution in [3.05, 3.63) is 53.1 Å². The van der Waals surface area contributed by atoms with Gasteiger partial charge in [0, 0.05) is 12.2 Å². The highest BCUT2D eigenvalue weighted by molar-refractivity contribution is 6.32. The summed E-state index contributed by atoms with van der Waals surface area (Å²) in [7, 11) is 0. The fourth-order valence-electron chi connectivity index (χ4n) is 1.76. The van der Waals surface area contributed by atoms with Crippen molar-refractivity contribution < 1.29 is 9.84 Å². The number of hydrogen-bond donors (Lipinski definition) is 3. The van der Waals surface area contributed by atoms with Gasteiger partial charge in [0.1, 0.15) is 0 Å². The van der Waals surface area contributed by atoms with Crippen molar-refractivity contribution in [2.45, 2.75) is 13.5 Å². The van der Waals surface area contributed by atoms with Crippen LogP contribution in [0.1, 0.15) is 12.5 Å². The summed E-state index contributed by atoms with van der Waals surface area (Å²) in [6, 6.07) is 13.3. The van der Waals surface area contributed by atoms with Gasteiger partial charge in [-0.15, -0.1) is 0 Å². The summed E-state index contributed by atoms with van der Waals surface area (Å²) >= 11 is 5.97. The molecule has 0 spiro atoms. The van der Waals surface area contributed by atoms with E-state index in [0.717, 1.165) is 11.3 Å². The first-order valence-corrected chi connectivity index (χ1v) is 6.76. The van der Waals surface area contributed by atoms with Crippen LogP contribution in [0.2, 0.25) is 5.02 Å². The Morgan fingerprint density at radius 2 is 1.95 bits per heavy atom. The first-order chi connectivity index (χ1) is 9.70. The van der Waals surface area contributed by atoms with Gasteiger partial charge in [-0.2, -0.15) is 0 Å². The number of nitrogens with one attached hydrogen (secondary N) is 2. The predicted octanol–water partition coefficient (Wildman–Crippen LogP) is 3.56. The second-order valence-corrected chi connectivity index (χ2v) is 4.61. The van der Waals surface area contributed by atoms with E-state index in [9.17, 15) is 5.11 Å². The zero-order chi connectivity index (χ0) is 14.4. The van der Waals surface area contributed by atoms with Crippen molar-refractivity contribution in [2.24, 2.45) is 0 Å². The van der Waals surface area contributed by atoms with E-state index in [0.29, 0.717) is 18.9 Å². The van der Waals surface area contributed by atoms with Crippen LogP contribution >= 0.6 is 11.6 Å². The molecule has 0 heterocycles. The second-order valence-electron chi connectivity index (χ2n) is 4.20. The largest absolute Gasteiger partial charge is 0.503 e. The summed E-state index contributed by atoms with van der Waals surface area (Å²) in [4.78, 5) is 0. The van der Waals surface area contributed by atoms with E-state index in [1.807, 2.05) is 37.3 Å². The number of aromatic hydroxyl groups is 1. The van der Waals surface area contributed by atoms with E-state index in [1.165, 1.54) is 0 Å². The van der Waals surface area contributed by atoms with Crippen LogP contribution in [-0.4, -0.2) is 11.7 Å². The first kappa shape index (κ1) is 14.5. The van der Waals surface area contributed by atoms with Crippen LogP contribution in [0.4, 0.5) is 5.69 Å². The van der Waals surface area contributed by atoms with Crippen LogP contribution < -0.4 is 15.6 Å². The van der Waals surface area contributed by atoms with Gasteiger partial charge in [0.15, 0.2) is 11.5 Å². The van der Waals surface area contributed by atoms with Crippen molar-refractivity contribution in [3.63, 3.8) is 0 Å². The van der Waals surface area contributed by atoms with Gasteiger partial charge in [0.2, 0.25) is 0 Å². The second kappa shape index (κ2) is 7.03. The Morgan fingerprint density at radius 1 is 1.20 bits per heavy atom. The van der Waals surface area contributed by atoms with E-state index in [1.54, 1.807) is 12.1 Å². The molecule has 20 heavy (non-hydrogen) atoms. The normalized spacial score (nSPS) is 10.3. The topological polar surface area (TPSA) is 53.5 Å². The Balaban J connectivity index is 1.99. The zero-order valence-corrected chi connectivity index (χ0v) is 11.9. The minimum absolute atomic E-state index is 0.0201. The molecule has 0 aliphatic carbocycles. The number of benzene rings is 2. The van der Waals surface area contributed by atoms with E-state index in [-0.39, 0.29) is 10.8 Å². The van der Waals surface area contributed by atoms with Crippen LogP contribution in [0.15, 0.2) is 42.5 Å². The quantitative estimate of drug-likeness (QED) is 0.713. The Labute approximate surface area is 123 Å². The molecule has 2 rings (SSSR count). The van der Waals surface area contributed by atoms with Gasteiger partial charge in [-0.05, 0) is 36.8 Å². The molecule has 0 aliphatic rings. The highest BCUT2D eigenvalue weighted by atomic mass is 35.5. The lowest BCUT2D eigenvalue weighted by Crippen LogP contribution is -2.20. The molecule has 4 nitrogen and oxygen atoms in total. The van der Waals surface area contributed by atoms with Gasteiger partial charge in [0.25, 0.3) is 0 Å². The number of phenolic OH excluding ortho intramolecular Hbond substituents is 1. The lowest BCUT2D eigenvalue weighted by Gasteiger charge is -2.12. The highest BCUT2D eigenvalue weighted by Gasteiger charge is 2.09. The minimum atomic E-state index is -0.0201. The Kier molecular flexibility index (Phi) is 5.09. The summed E-state index contributed by atoms with van der Waals surface area (Å²) in [6.45, 7) is 2.88. The number of ether oxygens (including phenoxy) is 1. The maximum Gasteiger partial charge on any atom is 0.176 e. The van der Waals surface area contributed by atoms with Gasteiger partial charge in [-0.25, -0.2) is 5.43 Å². The smallest absolute Gasteiger partial charge is 0.176 e. The first-order valence-electron chi connectivity index (χ1n) is 6.38. The van der Waals surface area contributed by atoms with Crippen LogP contribution in [0.3, 0.4) is 0 Å². The fourth-order valence-corrected chi connectivity index (χ4v) is 2.00. The fraction of sp³-hybridized carbons (Fsp3) is 0.200. The van der Waals surface area contributed by atoms with Crippen LogP contribution in [0.25, 0.3) is 0 Å². The summed E-state index contributed by atoms with van der Waals surface area (Å²) < 4.78 is 5.34. The minimum Gasteiger partial charge on any atom is -0.503 e. The number of phenols is 1. The van der Waals surface area contributed by atoms with Crippen molar-refractivity contribution in [2.75, 3.05) is 12.0 Å². The summed E-state index contributed by atoms with van der Waals surface area (Å²) in [5.74, 6) is 0.379. The van der Waals surface area contributed by atoms with E-state index in [2.05, 4.69) is 10.9 Å². The molecular formula is C15H17ClN2O2. The summed E-state index contributed by atoms with van der Waals surface area (Å²) in [5, 5.41) is 10.0. The summed E-state index contributed by atoms with van der Waals surface area (Å²) in [6.07, 6.45) is 0. The molecule has 5 heteroatoms. The molecule has 106 valence electrons. The molecule has 0 aliphatic heterocycles. The van der Waals surface area contributed by atoms with Gasteiger partial charge in [-0.3, -0.25) is 0 Å². The molecule has 2 aromatic rings. The number of anilines is 1. The molecule has 0 amide bonds. The van der Waals surface area contributed by atoms with Crippen LogP contribution in [0, 0.1) is 0 Å². The molecular weight excluding hydrogens is 276 g/mol. The SMILES string of the molecule is CCOc1cc(CNNc2ccccc2)cc(Cl)c1O. The highest BCUT2D eigenvalue weighted by Crippen LogP contribution is 2.35. The van der Waals surface area contributed by atoms with Gasteiger partial charge in [0.05, 0.1) is 11.6 Å². The summed E-state index contributed by atoms with van der Waals surface area (Å²) in [5.41, 5.74) is 8.06. The lowest BCUT2D eigenvalue weighted by atomic mass is 10.2. The molecule has 0 aromatic heterocycles. The van der Waals surface area contributed by atoms with E-state index in [4.69, 9.17) is 16.3 Å². The van der Waals surface area contributed by atoms with Crippen molar-refractivity contribution >= 4 is 17.3 Å². The third kappa shape index (κ3) is 3.79. The number of hydrazine groups is 1. The average Bonchev–Trinajstić information content (AvgIpc) is 2.45. The van der Waals surface area contributed by atoms with Crippen LogP contribution in [0.5, 0.6) is 11.5 Å². The third-order valence-corrected chi connectivity index (χ3v) is 2.98. The Bertz CT molecular complexity index is 561. The zero-order valence-electron chi connectivity index (χ0n) is 11.2. The van der Waals surface area contributed by atoms with Gasteiger partial charge >= 0.3 is 0 Å². The molecule has 0 bridgehead atoms. The van der Waals surface area contributed by atoms with Gasteiger partial charge in [-0.1, -0.05) is 29.8 Å². The maximum absolute atomic E-state index is 9.76. The molecule has 0 saturated carbocycles. The lowest BCUT2D eigenvalue weighted by molar-refractivity contribution is 0.318. The van der Waals surface area contributed by atoms with Crippen molar-refractivity contribution in [1.82, 2.24) is 5.43 Å². The molecule has 3 N–H and O–H groups in total. The maximum atomic E-state index is 9.76. The molecule has 0 fully saturated rings. The molecule has 0 unspecified atom stereocenters. The van der Waals surface area contributed by atoms with Crippen molar-refractivity contribution in [1.29, 1.82) is 0 Å². The molecule has 0 radical (unpaired) electrons. The number of halogens is 1. The Hall–Kier alpha value is -1.91. The van der Waals surface area contributed by atoms with Crippen molar-refractivity contribution in [3.8, 4) is 11.5 Å². The average molecular weight is 293 g/mol.